The molecule has 154 valence electrons. The molecule has 8 heteroatoms. The van der Waals surface area contributed by atoms with Crippen molar-refractivity contribution in [3.63, 3.8) is 0 Å². The third-order valence-corrected chi connectivity index (χ3v) is 5.03. The zero-order chi connectivity index (χ0) is 21.5. The first-order valence-electron chi connectivity index (χ1n) is 9.35. The number of amides is 2. The van der Waals surface area contributed by atoms with Crippen LogP contribution in [0.5, 0.6) is 0 Å². The highest BCUT2D eigenvalue weighted by Crippen LogP contribution is 2.34. The Labute approximate surface area is 173 Å². The highest BCUT2D eigenvalue weighted by molar-refractivity contribution is 6.48. The fourth-order valence-electron chi connectivity index (χ4n) is 3.42. The molecule has 2 aromatic rings. The van der Waals surface area contributed by atoms with Crippen molar-refractivity contribution in [3.05, 3.63) is 51.6 Å². The van der Waals surface area contributed by atoms with Crippen LogP contribution in [-0.2, 0) is 17.8 Å². The summed E-state index contributed by atoms with van der Waals surface area (Å²) in [7, 11) is 0. The minimum atomic E-state index is -0.773. The smallest absolute Gasteiger partial charge is 0.294 e. The van der Waals surface area contributed by atoms with E-state index in [1.165, 1.54) is 18.2 Å². The molecule has 2 amide bonds. The van der Waals surface area contributed by atoms with E-state index in [1.807, 2.05) is 0 Å². The summed E-state index contributed by atoms with van der Waals surface area (Å²) in [5.41, 5.74) is 1.06. The average Bonchev–Trinajstić information content (AvgIpc) is 3.15. The van der Waals surface area contributed by atoms with Gasteiger partial charge in [0.05, 0.1) is 10.6 Å². The number of fused-ring (bicyclic) bond motifs is 1. The van der Waals surface area contributed by atoms with E-state index in [4.69, 9.17) is 11.6 Å². The topological polar surface area (TPSA) is 80.2 Å². The van der Waals surface area contributed by atoms with E-state index in [2.05, 4.69) is 10.6 Å². The van der Waals surface area contributed by atoms with Crippen molar-refractivity contribution >= 4 is 34.9 Å². The molecule has 0 aliphatic carbocycles. The quantitative estimate of drug-likeness (QED) is 0.583. The Bertz CT molecular complexity index is 1020. The lowest BCUT2D eigenvalue weighted by Gasteiger charge is -2.20. The van der Waals surface area contributed by atoms with Crippen molar-refractivity contribution in [1.29, 1.82) is 0 Å². The number of hydrogen-bond acceptors (Lipinski definition) is 3. The standard InChI is InChI=1S/C21H23ClFN3O3/c1-11-10-12(7-8-13(11)23)24-19(28)15-14-6-5-9-26(14)17(16(15)22)18(27)20(29)25-21(2,3)4/h7-8,10H,5-6,9H2,1-4H3,(H,24,28)(H,25,29). The number of anilines is 1. The molecule has 6 nitrogen and oxygen atoms in total. The number of halogens is 2. The Kier molecular flexibility index (Phi) is 5.54. The Morgan fingerprint density at radius 3 is 2.52 bits per heavy atom. The first-order valence-corrected chi connectivity index (χ1v) is 9.72. The minimum Gasteiger partial charge on any atom is -0.345 e. The molecule has 3 rings (SSSR count). The lowest BCUT2D eigenvalue weighted by atomic mass is 10.1. The summed E-state index contributed by atoms with van der Waals surface area (Å²) >= 11 is 6.43. The molecule has 1 aromatic carbocycles. The van der Waals surface area contributed by atoms with Crippen LogP contribution in [0.3, 0.4) is 0 Å². The van der Waals surface area contributed by atoms with Gasteiger partial charge in [-0.2, -0.15) is 0 Å². The van der Waals surface area contributed by atoms with Gasteiger partial charge in [0, 0.05) is 23.5 Å². The van der Waals surface area contributed by atoms with Crippen LogP contribution in [0.4, 0.5) is 10.1 Å². The van der Waals surface area contributed by atoms with Crippen LogP contribution in [0.25, 0.3) is 0 Å². The molecule has 0 bridgehead atoms. The number of aryl methyl sites for hydroxylation is 1. The van der Waals surface area contributed by atoms with Gasteiger partial charge in [-0.3, -0.25) is 14.4 Å². The number of ketones is 1. The fraction of sp³-hybridized carbons (Fsp3) is 0.381. The molecule has 1 aromatic heterocycles. The maximum absolute atomic E-state index is 13.5. The van der Waals surface area contributed by atoms with E-state index < -0.39 is 23.1 Å². The van der Waals surface area contributed by atoms with E-state index in [1.54, 1.807) is 32.3 Å². The minimum absolute atomic E-state index is 0.0290. The van der Waals surface area contributed by atoms with E-state index in [-0.39, 0.29) is 22.1 Å². The molecule has 1 aliphatic rings. The van der Waals surface area contributed by atoms with Gasteiger partial charge in [-0.1, -0.05) is 11.6 Å². The number of Topliss-reactive ketones (excluding diaryl/α,β-unsaturated/α-hetero) is 1. The van der Waals surface area contributed by atoms with Gasteiger partial charge in [0.2, 0.25) is 0 Å². The highest BCUT2D eigenvalue weighted by Gasteiger charge is 2.35. The highest BCUT2D eigenvalue weighted by atomic mass is 35.5. The van der Waals surface area contributed by atoms with Crippen molar-refractivity contribution in [2.75, 3.05) is 5.32 Å². The number of rotatable bonds is 4. The molecular weight excluding hydrogens is 397 g/mol. The lowest BCUT2D eigenvalue weighted by molar-refractivity contribution is -0.118. The molecule has 2 N–H and O–H groups in total. The summed E-state index contributed by atoms with van der Waals surface area (Å²) in [6.07, 6.45) is 1.31. The normalized spacial score (nSPS) is 13.2. The zero-order valence-electron chi connectivity index (χ0n) is 16.8. The van der Waals surface area contributed by atoms with Crippen LogP contribution < -0.4 is 10.6 Å². The van der Waals surface area contributed by atoms with E-state index in [0.29, 0.717) is 29.9 Å². The molecule has 1 aliphatic heterocycles. The van der Waals surface area contributed by atoms with Crippen molar-refractivity contribution in [2.45, 2.75) is 52.6 Å². The summed E-state index contributed by atoms with van der Waals surface area (Å²) in [6.45, 7) is 7.41. The SMILES string of the molecule is Cc1cc(NC(=O)c2c(Cl)c(C(=O)C(=O)NC(C)(C)C)n3c2CCC3)ccc1F. The second-order valence-corrected chi connectivity index (χ2v) is 8.57. The lowest BCUT2D eigenvalue weighted by Crippen LogP contribution is -2.44. The molecule has 0 saturated carbocycles. The Morgan fingerprint density at radius 2 is 1.90 bits per heavy atom. The van der Waals surface area contributed by atoms with Crippen LogP contribution in [0.15, 0.2) is 18.2 Å². The molecule has 0 saturated heterocycles. The van der Waals surface area contributed by atoms with Crippen LogP contribution >= 0.6 is 11.6 Å². The van der Waals surface area contributed by atoms with Gasteiger partial charge in [-0.25, -0.2) is 4.39 Å². The number of aromatic nitrogens is 1. The van der Waals surface area contributed by atoms with Gasteiger partial charge in [-0.15, -0.1) is 0 Å². The van der Waals surface area contributed by atoms with Gasteiger partial charge < -0.3 is 15.2 Å². The maximum Gasteiger partial charge on any atom is 0.294 e. The molecule has 0 atom stereocenters. The average molecular weight is 420 g/mol. The van der Waals surface area contributed by atoms with Crippen LogP contribution in [0, 0.1) is 12.7 Å². The summed E-state index contributed by atoms with van der Waals surface area (Å²) in [5, 5.41) is 5.29. The number of nitrogens with one attached hydrogen (secondary N) is 2. The summed E-state index contributed by atoms with van der Waals surface area (Å²) in [4.78, 5) is 38.1. The van der Waals surface area contributed by atoms with Gasteiger partial charge >= 0.3 is 0 Å². The Hall–Kier alpha value is -2.67. The number of hydrogen-bond donors (Lipinski definition) is 2. The fourth-order valence-corrected chi connectivity index (χ4v) is 3.80. The van der Waals surface area contributed by atoms with E-state index >= 15 is 0 Å². The molecular formula is C21H23ClFN3O3. The summed E-state index contributed by atoms with van der Waals surface area (Å²) in [6, 6.07) is 4.23. The predicted molar refractivity (Wildman–Crippen MR) is 109 cm³/mol. The number of nitrogens with zero attached hydrogens (tertiary/aromatic N) is 1. The van der Waals surface area contributed by atoms with Crippen LogP contribution in [0.2, 0.25) is 5.02 Å². The third-order valence-electron chi connectivity index (χ3n) is 4.66. The number of carbonyl (C=O) groups is 3. The monoisotopic (exact) mass is 419 g/mol. The molecule has 2 heterocycles. The summed E-state index contributed by atoms with van der Waals surface area (Å²) < 4.78 is 15.1. The Morgan fingerprint density at radius 1 is 1.21 bits per heavy atom. The molecule has 0 spiro atoms. The van der Waals surface area contributed by atoms with Crippen molar-refractivity contribution < 1.29 is 18.8 Å². The molecule has 0 fully saturated rings. The third kappa shape index (κ3) is 4.19. The van der Waals surface area contributed by atoms with Crippen molar-refractivity contribution in [2.24, 2.45) is 0 Å². The van der Waals surface area contributed by atoms with E-state index in [0.717, 1.165) is 6.42 Å². The molecule has 0 unspecified atom stereocenters. The second-order valence-electron chi connectivity index (χ2n) is 8.19. The van der Waals surface area contributed by atoms with Crippen LogP contribution in [0.1, 0.15) is 59.3 Å². The molecule has 0 radical (unpaired) electrons. The maximum atomic E-state index is 13.5. The van der Waals surface area contributed by atoms with Crippen molar-refractivity contribution in [3.8, 4) is 0 Å². The van der Waals surface area contributed by atoms with Gasteiger partial charge in [0.1, 0.15) is 11.5 Å². The first kappa shape index (κ1) is 21.0. The number of benzene rings is 1. The van der Waals surface area contributed by atoms with E-state index in [9.17, 15) is 18.8 Å². The first-order chi connectivity index (χ1) is 13.5. The van der Waals surface area contributed by atoms with Gasteiger partial charge in [-0.05, 0) is 64.3 Å². The predicted octanol–water partition coefficient (Wildman–Crippen LogP) is 3.88. The van der Waals surface area contributed by atoms with Gasteiger partial charge in [0.25, 0.3) is 17.6 Å². The van der Waals surface area contributed by atoms with Gasteiger partial charge in [0.15, 0.2) is 0 Å². The second kappa shape index (κ2) is 7.63. The zero-order valence-corrected chi connectivity index (χ0v) is 17.5. The largest absolute Gasteiger partial charge is 0.345 e. The Balaban J connectivity index is 1.95. The number of carbonyl (C=O) groups excluding carboxylic acids is 3. The molecule has 29 heavy (non-hydrogen) atoms. The van der Waals surface area contributed by atoms with Crippen molar-refractivity contribution in [1.82, 2.24) is 9.88 Å². The van der Waals surface area contributed by atoms with Crippen LogP contribution in [-0.4, -0.2) is 27.7 Å². The summed E-state index contributed by atoms with van der Waals surface area (Å²) in [5.74, 6) is -2.41.